The Hall–Kier alpha value is -7.63. The Morgan fingerprint density at radius 3 is 1.70 bits per heavy atom. The van der Waals surface area contributed by atoms with Crippen LogP contribution in [0.3, 0.4) is 0 Å². The zero-order chi connectivity index (χ0) is 36.7. The molecule has 0 unspecified atom stereocenters. The van der Waals surface area contributed by atoms with E-state index in [4.69, 9.17) is 23.8 Å². The third-order valence-electron chi connectivity index (χ3n) is 11.1. The van der Waals surface area contributed by atoms with E-state index in [2.05, 4.69) is 115 Å². The average molecular weight is 716 g/mol. The van der Waals surface area contributed by atoms with E-state index in [1.54, 1.807) is 0 Å². The van der Waals surface area contributed by atoms with Crippen molar-refractivity contribution >= 4 is 76.2 Å². The van der Waals surface area contributed by atoms with Crippen LogP contribution in [0.25, 0.3) is 121 Å². The third-order valence-corrected chi connectivity index (χ3v) is 11.1. The van der Waals surface area contributed by atoms with E-state index in [9.17, 15) is 0 Å². The fourth-order valence-electron chi connectivity index (χ4n) is 8.62. The molecule has 0 atom stereocenters. The van der Waals surface area contributed by atoms with Crippen LogP contribution in [0, 0.1) is 0 Å². The Labute approximate surface area is 320 Å². The molecule has 0 aliphatic carbocycles. The molecule has 0 radical (unpaired) electrons. The van der Waals surface area contributed by atoms with Gasteiger partial charge in [-0.3, -0.25) is 0 Å². The molecule has 0 bridgehead atoms. The summed E-state index contributed by atoms with van der Waals surface area (Å²) in [6.07, 6.45) is 0. The van der Waals surface area contributed by atoms with Crippen molar-refractivity contribution in [3.05, 3.63) is 176 Å². The molecule has 56 heavy (non-hydrogen) atoms. The topological polar surface area (TPSA) is 65.0 Å². The highest BCUT2D eigenvalue weighted by Crippen LogP contribution is 2.44. The fraction of sp³-hybridized carbons (Fsp3) is 0. The molecule has 5 nitrogen and oxygen atoms in total. The van der Waals surface area contributed by atoms with E-state index >= 15 is 0 Å². The van der Waals surface area contributed by atoms with Gasteiger partial charge < -0.3 is 8.83 Å². The summed E-state index contributed by atoms with van der Waals surface area (Å²) in [6, 6.07) is 60.9. The van der Waals surface area contributed by atoms with Crippen LogP contribution in [0.2, 0.25) is 0 Å². The number of rotatable bonds is 4. The summed E-state index contributed by atoms with van der Waals surface area (Å²) in [6.45, 7) is 0. The zero-order valence-corrected chi connectivity index (χ0v) is 29.9. The maximum absolute atomic E-state index is 6.77. The van der Waals surface area contributed by atoms with Gasteiger partial charge in [0.25, 0.3) is 0 Å². The van der Waals surface area contributed by atoms with Crippen molar-refractivity contribution in [1.29, 1.82) is 0 Å². The molecular weight excluding hydrogens is 687 g/mol. The van der Waals surface area contributed by atoms with Gasteiger partial charge in [0.2, 0.25) is 0 Å². The number of hydrogen-bond donors (Lipinski definition) is 0. The number of fused-ring (bicyclic) bond motifs is 11. The Bertz CT molecular complexity index is 3550. The molecule has 0 aliphatic rings. The van der Waals surface area contributed by atoms with Gasteiger partial charge in [-0.1, -0.05) is 146 Å². The molecule has 3 aromatic heterocycles. The molecule has 0 saturated carbocycles. The first kappa shape index (κ1) is 30.8. The van der Waals surface area contributed by atoms with Crippen molar-refractivity contribution < 1.29 is 8.83 Å². The number of furan rings is 2. The average Bonchev–Trinajstić information content (AvgIpc) is 3.85. The normalized spacial score (nSPS) is 11.9. The Morgan fingerprint density at radius 1 is 0.286 bits per heavy atom. The quantitative estimate of drug-likeness (QED) is 0.170. The molecule has 260 valence electrons. The van der Waals surface area contributed by atoms with Gasteiger partial charge in [0.1, 0.15) is 22.3 Å². The smallest absolute Gasteiger partial charge is 0.164 e. The van der Waals surface area contributed by atoms with Crippen LogP contribution < -0.4 is 0 Å². The van der Waals surface area contributed by atoms with Gasteiger partial charge in [-0.05, 0) is 68.4 Å². The van der Waals surface area contributed by atoms with E-state index in [0.29, 0.717) is 17.5 Å². The lowest BCUT2D eigenvalue weighted by Crippen LogP contribution is -2.01. The maximum atomic E-state index is 6.77. The van der Waals surface area contributed by atoms with Gasteiger partial charge in [-0.15, -0.1) is 0 Å². The lowest BCUT2D eigenvalue weighted by Gasteiger charge is -2.14. The van der Waals surface area contributed by atoms with E-state index in [1.165, 1.54) is 10.8 Å². The minimum atomic E-state index is 0.591. The van der Waals surface area contributed by atoms with Gasteiger partial charge in [-0.2, -0.15) is 0 Å². The number of aromatic nitrogens is 3. The standard InChI is InChI=1S/C51H29N3O2/c1-2-13-32(14-3-1)49-52-50(54-51(53-49)41-20-11-22-43-47(41)39-18-8-9-21-42(39)55-43)38-29-28-36(34-16-6-7-17-35(34)38)37-19-10-23-44-46(37)40-27-26-31-25-24-30-12-4-5-15-33(30)45(31)48(40)56-44/h1-29H. The lowest BCUT2D eigenvalue weighted by molar-refractivity contribution is 0.669. The first-order valence-corrected chi connectivity index (χ1v) is 18.8. The molecule has 12 rings (SSSR count). The van der Waals surface area contributed by atoms with Crippen LogP contribution in [0.4, 0.5) is 0 Å². The summed E-state index contributed by atoms with van der Waals surface area (Å²) >= 11 is 0. The number of hydrogen-bond acceptors (Lipinski definition) is 5. The predicted molar refractivity (Wildman–Crippen MR) is 229 cm³/mol. The second-order valence-electron chi connectivity index (χ2n) is 14.3. The fourth-order valence-corrected chi connectivity index (χ4v) is 8.62. The monoisotopic (exact) mass is 715 g/mol. The molecule has 12 aromatic rings. The maximum Gasteiger partial charge on any atom is 0.164 e. The van der Waals surface area contributed by atoms with Crippen LogP contribution >= 0.6 is 0 Å². The first-order valence-electron chi connectivity index (χ1n) is 18.8. The Balaban J connectivity index is 1.09. The van der Waals surface area contributed by atoms with Crippen LogP contribution in [0.5, 0.6) is 0 Å². The highest BCUT2D eigenvalue weighted by Gasteiger charge is 2.21. The summed E-state index contributed by atoms with van der Waals surface area (Å²) in [4.78, 5) is 15.5. The second kappa shape index (κ2) is 11.9. The van der Waals surface area contributed by atoms with Crippen molar-refractivity contribution in [2.45, 2.75) is 0 Å². The minimum Gasteiger partial charge on any atom is -0.456 e. The highest BCUT2D eigenvalue weighted by molar-refractivity contribution is 6.25. The molecule has 0 saturated heterocycles. The van der Waals surface area contributed by atoms with Crippen molar-refractivity contribution in [1.82, 2.24) is 15.0 Å². The van der Waals surface area contributed by atoms with Crippen LogP contribution in [-0.2, 0) is 0 Å². The van der Waals surface area contributed by atoms with E-state index in [-0.39, 0.29) is 0 Å². The molecule has 3 heterocycles. The largest absolute Gasteiger partial charge is 0.456 e. The Kier molecular flexibility index (Phi) is 6.56. The van der Waals surface area contributed by atoms with Crippen molar-refractivity contribution in [2.24, 2.45) is 0 Å². The SMILES string of the molecule is c1ccc(-c2nc(-c3ccc(-c4cccc5oc6c(ccc7ccc8ccccc8c76)c45)c4ccccc34)nc(-c3cccc4oc5ccccc5c34)n2)cc1. The summed E-state index contributed by atoms with van der Waals surface area (Å²) in [7, 11) is 0. The molecule has 5 heteroatoms. The second-order valence-corrected chi connectivity index (χ2v) is 14.3. The molecule has 0 fully saturated rings. The van der Waals surface area contributed by atoms with Gasteiger partial charge in [0, 0.05) is 43.6 Å². The van der Waals surface area contributed by atoms with Gasteiger partial charge in [-0.25, -0.2) is 15.0 Å². The number of nitrogens with zero attached hydrogens (tertiary/aromatic N) is 3. The highest BCUT2D eigenvalue weighted by atomic mass is 16.3. The summed E-state index contributed by atoms with van der Waals surface area (Å²) in [5, 5.41) is 11.1. The first-order chi connectivity index (χ1) is 27.8. The summed E-state index contributed by atoms with van der Waals surface area (Å²) < 4.78 is 13.0. The Morgan fingerprint density at radius 2 is 0.857 bits per heavy atom. The molecule has 9 aromatic carbocycles. The molecule has 0 aliphatic heterocycles. The number of benzene rings is 9. The third kappa shape index (κ3) is 4.58. The van der Waals surface area contributed by atoms with Gasteiger partial charge in [0.05, 0.1) is 0 Å². The van der Waals surface area contributed by atoms with Crippen LogP contribution in [-0.4, -0.2) is 15.0 Å². The van der Waals surface area contributed by atoms with E-state index in [0.717, 1.165) is 93.2 Å². The summed E-state index contributed by atoms with van der Waals surface area (Å²) in [5.41, 5.74) is 8.37. The molecule has 0 amide bonds. The van der Waals surface area contributed by atoms with Crippen LogP contribution in [0.15, 0.2) is 185 Å². The predicted octanol–water partition coefficient (Wildman–Crippen LogP) is 13.8. The lowest BCUT2D eigenvalue weighted by atomic mass is 9.91. The summed E-state index contributed by atoms with van der Waals surface area (Å²) in [5.74, 6) is 1.80. The zero-order valence-electron chi connectivity index (χ0n) is 29.9. The minimum absolute atomic E-state index is 0.591. The van der Waals surface area contributed by atoms with Crippen molar-refractivity contribution in [3.63, 3.8) is 0 Å². The molecule has 0 N–H and O–H groups in total. The van der Waals surface area contributed by atoms with E-state index in [1.807, 2.05) is 60.7 Å². The van der Waals surface area contributed by atoms with Crippen molar-refractivity contribution in [2.75, 3.05) is 0 Å². The van der Waals surface area contributed by atoms with Crippen LogP contribution in [0.1, 0.15) is 0 Å². The van der Waals surface area contributed by atoms with Gasteiger partial charge in [0.15, 0.2) is 17.5 Å². The van der Waals surface area contributed by atoms with Crippen molar-refractivity contribution in [3.8, 4) is 45.3 Å². The number of para-hydroxylation sites is 1. The molecule has 0 spiro atoms. The molecular formula is C51H29N3O2. The van der Waals surface area contributed by atoms with E-state index < -0.39 is 0 Å². The van der Waals surface area contributed by atoms with Gasteiger partial charge >= 0.3 is 0 Å².